The normalized spacial score (nSPS) is 10.7. The molecule has 3 rings (SSSR count). The molecule has 0 amide bonds. The third kappa shape index (κ3) is 1.93. The van der Waals surface area contributed by atoms with E-state index in [1.165, 1.54) is 0 Å². The first-order valence-corrected chi connectivity index (χ1v) is 6.83. The molecule has 3 aromatic rings. The van der Waals surface area contributed by atoms with Crippen LogP contribution in [0.5, 0.6) is 0 Å². The fourth-order valence-electron chi connectivity index (χ4n) is 1.73. The van der Waals surface area contributed by atoms with E-state index in [4.69, 9.17) is 10.3 Å². The van der Waals surface area contributed by atoms with Crippen LogP contribution in [0.25, 0.3) is 22.5 Å². The van der Waals surface area contributed by atoms with Crippen LogP contribution in [-0.4, -0.2) is 10.1 Å². The van der Waals surface area contributed by atoms with Crippen molar-refractivity contribution in [2.24, 2.45) is 0 Å². The second-order valence-corrected chi connectivity index (χ2v) is 5.94. The molecule has 90 valence electrons. The summed E-state index contributed by atoms with van der Waals surface area (Å²) in [5, 5.41) is 5.85. The highest BCUT2D eigenvalue weighted by Gasteiger charge is 2.18. The molecule has 3 heterocycles. The second kappa shape index (κ2) is 4.55. The summed E-state index contributed by atoms with van der Waals surface area (Å²) in [7, 11) is 0. The smallest absolute Gasteiger partial charge is 0.177 e. The number of aromatic nitrogens is 2. The standard InChI is InChI=1S/C12H8BrN3OS/c13-9-5-8(6-18-9)11-10(12(14)16-17-11)7-1-3-15-4-2-7/h1-6H,(H2,14,16). The van der Waals surface area contributed by atoms with E-state index < -0.39 is 0 Å². The van der Waals surface area contributed by atoms with Crippen LogP contribution in [0.1, 0.15) is 0 Å². The highest BCUT2D eigenvalue weighted by Crippen LogP contribution is 2.38. The van der Waals surface area contributed by atoms with Crippen molar-refractivity contribution in [1.82, 2.24) is 10.1 Å². The molecule has 3 aromatic heterocycles. The summed E-state index contributed by atoms with van der Waals surface area (Å²) in [4.78, 5) is 3.99. The molecule has 0 unspecified atom stereocenters. The quantitative estimate of drug-likeness (QED) is 0.779. The number of nitrogen functional groups attached to an aromatic ring is 1. The lowest BCUT2D eigenvalue weighted by atomic mass is 10.0. The number of nitrogens with zero attached hydrogens (tertiary/aromatic N) is 2. The van der Waals surface area contributed by atoms with Crippen molar-refractivity contribution in [2.75, 3.05) is 5.73 Å². The van der Waals surface area contributed by atoms with Crippen molar-refractivity contribution >= 4 is 33.1 Å². The molecule has 0 saturated carbocycles. The van der Waals surface area contributed by atoms with E-state index in [0.29, 0.717) is 11.6 Å². The molecular formula is C12H8BrN3OS. The Morgan fingerprint density at radius 2 is 2.00 bits per heavy atom. The van der Waals surface area contributed by atoms with Gasteiger partial charge in [0.25, 0.3) is 0 Å². The van der Waals surface area contributed by atoms with Gasteiger partial charge in [0.1, 0.15) is 0 Å². The van der Waals surface area contributed by atoms with Crippen molar-refractivity contribution in [2.45, 2.75) is 0 Å². The first kappa shape index (κ1) is 11.4. The lowest BCUT2D eigenvalue weighted by Crippen LogP contribution is -1.88. The molecule has 0 aliphatic rings. The van der Waals surface area contributed by atoms with E-state index >= 15 is 0 Å². The number of rotatable bonds is 2. The number of hydrogen-bond donors (Lipinski definition) is 1. The third-order valence-electron chi connectivity index (χ3n) is 2.52. The van der Waals surface area contributed by atoms with Crippen LogP contribution in [0, 0.1) is 0 Å². The average molecular weight is 322 g/mol. The molecule has 0 aromatic carbocycles. The molecule has 0 saturated heterocycles. The molecule has 4 nitrogen and oxygen atoms in total. The minimum absolute atomic E-state index is 0.388. The fourth-order valence-corrected chi connectivity index (χ4v) is 2.86. The number of hydrogen-bond acceptors (Lipinski definition) is 5. The van der Waals surface area contributed by atoms with E-state index in [0.717, 1.165) is 20.5 Å². The van der Waals surface area contributed by atoms with E-state index in [-0.39, 0.29) is 0 Å². The first-order chi connectivity index (χ1) is 8.75. The lowest BCUT2D eigenvalue weighted by molar-refractivity contribution is 0.436. The van der Waals surface area contributed by atoms with Crippen molar-refractivity contribution in [3.8, 4) is 22.5 Å². The van der Waals surface area contributed by atoms with E-state index in [9.17, 15) is 0 Å². The minimum Gasteiger partial charge on any atom is -0.380 e. The van der Waals surface area contributed by atoms with Gasteiger partial charge in [0, 0.05) is 23.3 Å². The van der Waals surface area contributed by atoms with Gasteiger partial charge in [0.2, 0.25) is 0 Å². The molecule has 0 atom stereocenters. The van der Waals surface area contributed by atoms with Gasteiger partial charge in [0.15, 0.2) is 11.6 Å². The zero-order valence-electron chi connectivity index (χ0n) is 9.13. The van der Waals surface area contributed by atoms with Crippen molar-refractivity contribution in [3.05, 3.63) is 39.8 Å². The lowest BCUT2D eigenvalue weighted by Gasteiger charge is -2.00. The number of pyridine rings is 1. The molecule has 0 fully saturated rings. The Hall–Kier alpha value is -1.66. The monoisotopic (exact) mass is 321 g/mol. The van der Waals surface area contributed by atoms with Gasteiger partial charge in [-0.3, -0.25) is 4.98 Å². The maximum atomic E-state index is 5.88. The summed E-state index contributed by atoms with van der Waals surface area (Å²) in [6, 6.07) is 5.75. The largest absolute Gasteiger partial charge is 0.380 e. The van der Waals surface area contributed by atoms with Crippen molar-refractivity contribution in [3.63, 3.8) is 0 Å². The number of anilines is 1. The Morgan fingerprint density at radius 1 is 1.22 bits per heavy atom. The molecular weight excluding hydrogens is 314 g/mol. The van der Waals surface area contributed by atoms with Gasteiger partial charge in [-0.05, 0) is 39.7 Å². The summed E-state index contributed by atoms with van der Waals surface area (Å²) in [5.41, 5.74) is 8.60. The van der Waals surface area contributed by atoms with Gasteiger partial charge in [-0.2, -0.15) is 0 Å². The highest BCUT2D eigenvalue weighted by molar-refractivity contribution is 9.11. The SMILES string of the molecule is Nc1noc(-c2csc(Br)c2)c1-c1ccncc1. The van der Waals surface area contributed by atoms with E-state index in [1.807, 2.05) is 23.6 Å². The fraction of sp³-hybridized carbons (Fsp3) is 0. The van der Waals surface area contributed by atoms with Crippen LogP contribution in [0.4, 0.5) is 5.82 Å². The van der Waals surface area contributed by atoms with Gasteiger partial charge in [0.05, 0.1) is 9.35 Å². The number of thiophene rings is 1. The van der Waals surface area contributed by atoms with Crippen LogP contribution in [-0.2, 0) is 0 Å². The summed E-state index contributed by atoms with van der Waals surface area (Å²) in [6.07, 6.45) is 3.43. The molecule has 0 spiro atoms. The van der Waals surface area contributed by atoms with E-state index in [1.54, 1.807) is 23.7 Å². The zero-order chi connectivity index (χ0) is 12.5. The molecule has 2 N–H and O–H groups in total. The summed E-state index contributed by atoms with van der Waals surface area (Å²) >= 11 is 5.02. The first-order valence-electron chi connectivity index (χ1n) is 5.15. The van der Waals surface area contributed by atoms with Gasteiger partial charge >= 0.3 is 0 Å². The Kier molecular flexibility index (Phi) is 2.89. The average Bonchev–Trinajstić information content (AvgIpc) is 2.96. The van der Waals surface area contributed by atoms with Gasteiger partial charge in [-0.25, -0.2) is 0 Å². The second-order valence-electron chi connectivity index (χ2n) is 3.65. The Labute approximate surface area is 116 Å². The Balaban J connectivity index is 2.18. The van der Waals surface area contributed by atoms with Crippen LogP contribution in [0.2, 0.25) is 0 Å². The van der Waals surface area contributed by atoms with E-state index in [2.05, 4.69) is 26.1 Å². The van der Waals surface area contributed by atoms with Crippen LogP contribution in [0.3, 0.4) is 0 Å². The van der Waals surface area contributed by atoms with Crippen LogP contribution < -0.4 is 5.73 Å². The topological polar surface area (TPSA) is 64.9 Å². The molecule has 18 heavy (non-hydrogen) atoms. The molecule has 0 aliphatic carbocycles. The van der Waals surface area contributed by atoms with Crippen LogP contribution in [0.15, 0.2) is 44.3 Å². The summed E-state index contributed by atoms with van der Waals surface area (Å²) in [6.45, 7) is 0. The summed E-state index contributed by atoms with van der Waals surface area (Å²) in [5.74, 6) is 1.07. The molecule has 0 bridgehead atoms. The predicted octanol–water partition coefficient (Wildman–Crippen LogP) is 3.81. The Morgan fingerprint density at radius 3 is 2.67 bits per heavy atom. The maximum absolute atomic E-state index is 5.88. The third-order valence-corrected chi connectivity index (χ3v) is 4.02. The van der Waals surface area contributed by atoms with Gasteiger partial charge < -0.3 is 10.3 Å². The summed E-state index contributed by atoms with van der Waals surface area (Å²) < 4.78 is 6.37. The minimum atomic E-state index is 0.388. The number of nitrogens with two attached hydrogens (primary N) is 1. The highest BCUT2D eigenvalue weighted by atomic mass is 79.9. The zero-order valence-corrected chi connectivity index (χ0v) is 11.5. The van der Waals surface area contributed by atoms with Gasteiger partial charge in [-0.15, -0.1) is 11.3 Å². The maximum Gasteiger partial charge on any atom is 0.177 e. The molecule has 0 aliphatic heterocycles. The molecule has 6 heteroatoms. The molecule has 0 radical (unpaired) electrons. The van der Waals surface area contributed by atoms with Gasteiger partial charge in [-0.1, -0.05) is 5.16 Å². The van der Waals surface area contributed by atoms with Crippen molar-refractivity contribution in [1.29, 1.82) is 0 Å². The predicted molar refractivity (Wildman–Crippen MR) is 75.2 cm³/mol. The van der Waals surface area contributed by atoms with Crippen molar-refractivity contribution < 1.29 is 4.52 Å². The van der Waals surface area contributed by atoms with Crippen LogP contribution >= 0.6 is 27.3 Å². The Bertz CT molecular complexity index is 678. The number of halogens is 1.